The summed E-state index contributed by atoms with van der Waals surface area (Å²) in [5.41, 5.74) is 0. The van der Waals surface area contributed by atoms with Gasteiger partial charge in [-0.3, -0.25) is 5.01 Å². The fourth-order valence-electron chi connectivity index (χ4n) is 1.54. The van der Waals surface area contributed by atoms with E-state index in [1.54, 1.807) is 11.9 Å². The first-order chi connectivity index (χ1) is 8.70. The molecule has 1 fully saturated rings. The number of nitrogens with one attached hydrogen (secondary N) is 1. The maximum atomic E-state index is 9.84. The van der Waals surface area contributed by atoms with Crippen molar-refractivity contribution in [3.05, 3.63) is 9.81 Å². The van der Waals surface area contributed by atoms with Crippen molar-refractivity contribution in [2.45, 2.75) is 38.7 Å². The fourth-order valence-corrected chi connectivity index (χ4v) is 1.54. The van der Waals surface area contributed by atoms with Gasteiger partial charge in [0.2, 0.25) is 0 Å². The van der Waals surface area contributed by atoms with Gasteiger partial charge in [-0.15, -0.1) is 4.91 Å². The summed E-state index contributed by atoms with van der Waals surface area (Å²) in [6.07, 6.45) is 3.95. The average molecular weight is 260 g/mol. The number of aliphatic hydroxyl groups is 1. The third-order valence-corrected chi connectivity index (χ3v) is 2.49. The molecule has 1 rings (SSSR count). The summed E-state index contributed by atoms with van der Waals surface area (Å²) in [5.74, 6) is 0. The smallest absolute Gasteiger partial charge is 0.0823 e. The Bertz CT molecular complexity index is 208. The Labute approximate surface area is 108 Å². The van der Waals surface area contributed by atoms with E-state index in [-0.39, 0.29) is 6.10 Å². The van der Waals surface area contributed by atoms with E-state index in [1.807, 2.05) is 0 Å². The van der Waals surface area contributed by atoms with Crippen molar-refractivity contribution in [3.63, 3.8) is 0 Å². The van der Waals surface area contributed by atoms with Crippen molar-refractivity contribution >= 4 is 0 Å². The van der Waals surface area contributed by atoms with E-state index < -0.39 is 0 Å². The number of aliphatic hydroxyl groups excluding tert-OH is 1. The largest absolute Gasteiger partial charge is 0.392 e. The summed E-state index contributed by atoms with van der Waals surface area (Å²) >= 11 is 0. The molecule has 0 radical (unpaired) electrons. The Kier molecular flexibility index (Phi) is 11.6. The highest BCUT2D eigenvalue weighted by Crippen LogP contribution is 2.07. The normalized spacial score (nSPS) is 16.4. The summed E-state index contributed by atoms with van der Waals surface area (Å²) in [7, 11) is 0. The van der Waals surface area contributed by atoms with Crippen molar-refractivity contribution in [1.82, 2.24) is 10.3 Å². The summed E-state index contributed by atoms with van der Waals surface area (Å²) in [6, 6.07) is 0. The van der Waals surface area contributed by atoms with Crippen LogP contribution in [-0.2, 0) is 0 Å². The molecule has 0 spiro atoms. The predicted molar refractivity (Wildman–Crippen MR) is 71.0 cm³/mol. The molecule has 0 amide bonds. The molecule has 1 aliphatic heterocycles. The van der Waals surface area contributed by atoms with Gasteiger partial charge in [-0.25, -0.2) is 0 Å². The second kappa shape index (κ2) is 12.4. The van der Waals surface area contributed by atoms with E-state index in [1.165, 1.54) is 6.42 Å². The zero-order valence-electron chi connectivity index (χ0n) is 11.0. The lowest BCUT2D eigenvalue weighted by atomic mass is 10.2. The summed E-state index contributed by atoms with van der Waals surface area (Å²) in [6.45, 7) is 5.13. The Hall–Kier alpha value is -1.08. The number of hydrogen-bond donors (Lipinski definition) is 2. The van der Waals surface area contributed by atoms with E-state index in [4.69, 9.17) is 5.11 Å². The lowest BCUT2D eigenvalue weighted by Gasteiger charge is -2.19. The van der Waals surface area contributed by atoms with Crippen LogP contribution in [0.2, 0.25) is 0 Å². The highest BCUT2D eigenvalue weighted by Gasteiger charge is 2.06. The van der Waals surface area contributed by atoms with Gasteiger partial charge >= 0.3 is 0 Å². The second-order valence-electron chi connectivity index (χ2n) is 4.36. The van der Waals surface area contributed by atoms with Crippen LogP contribution in [0, 0.1) is 9.81 Å². The Morgan fingerprint density at radius 3 is 2.39 bits per heavy atom. The highest BCUT2D eigenvalue weighted by atomic mass is 16.3. The molecule has 2 N–H and O–H groups in total. The van der Waals surface area contributed by atoms with E-state index in [9.17, 15) is 9.81 Å². The molecule has 0 saturated carbocycles. The van der Waals surface area contributed by atoms with Crippen LogP contribution in [0.1, 0.15) is 32.6 Å². The first-order valence-electron chi connectivity index (χ1n) is 6.46. The van der Waals surface area contributed by atoms with Crippen molar-refractivity contribution < 1.29 is 5.11 Å². The van der Waals surface area contributed by atoms with Crippen LogP contribution in [0.4, 0.5) is 0 Å². The predicted octanol–water partition coefficient (Wildman–Crippen LogP) is 1.27. The number of hydrogen-bond acceptors (Lipinski definition) is 6. The van der Waals surface area contributed by atoms with Gasteiger partial charge < -0.3 is 10.4 Å². The standard InChI is InChI=1S/C6H14N2O2.C5H10N2O/c1-6(9)5-7-3-2-4-8-10;8-6-7-4-2-1-3-5-7/h6-7,9H,2-5H2,1H3;1-5H2. The van der Waals surface area contributed by atoms with Crippen molar-refractivity contribution in [2.75, 3.05) is 32.7 Å². The zero-order valence-corrected chi connectivity index (χ0v) is 11.0. The van der Waals surface area contributed by atoms with Crippen LogP contribution in [0.25, 0.3) is 0 Å². The fraction of sp³-hybridized carbons (Fsp3) is 1.00. The van der Waals surface area contributed by atoms with Crippen LogP contribution < -0.4 is 5.32 Å². The third kappa shape index (κ3) is 11.4. The molecule has 7 heteroatoms. The molecule has 18 heavy (non-hydrogen) atoms. The van der Waals surface area contributed by atoms with Crippen LogP contribution in [0.5, 0.6) is 0 Å². The molecule has 0 aromatic heterocycles. The summed E-state index contributed by atoms with van der Waals surface area (Å²) < 4.78 is 0. The Morgan fingerprint density at radius 1 is 1.28 bits per heavy atom. The molecule has 1 atom stereocenters. The van der Waals surface area contributed by atoms with Crippen LogP contribution in [0.15, 0.2) is 10.5 Å². The minimum absolute atomic E-state index is 0.316. The second-order valence-corrected chi connectivity index (χ2v) is 4.36. The van der Waals surface area contributed by atoms with Gasteiger partial charge in [-0.2, -0.15) is 4.91 Å². The first kappa shape index (κ1) is 16.9. The number of nitrogens with zero attached hydrogens (tertiary/aromatic N) is 3. The monoisotopic (exact) mass is 260 g/mol. The molecule has 1 heterocycles. The molecule has 106 valence electrons. The maximum Gasteiger partial charge on any atom is 0.0823 e. The molecule has 7 nitrogen and oxygen atoms in total. The van der Waals surface area contributed by atoms with Gasteiger partial charge in [0.05, 0.1) is 17.9 Å². The van der Waals surface area contributed by atoms with Crippen molar-refractivity contribution in [2.24, 2.45) is 10.5 Å². The molecule has 0 aliphatic carbocycles. The van der Waals surface area contributed by atoms with Gasteiger partial charge in [-0.1, -0.05) is 5.18 Å². The molecule has 0 bridgehead atoms. The molecular weight excluding hydrogens is 236 g/mol. The third-order valence-electron chi connectivity index (χ3n) is 2.49. The number of rotatable bonds is 7. The van der Waals surface area contributed by atoms with Gasteiger partial charge in [0, 0.05) is 19.6 Å². The summed E-state index contributed by atoms with van der Waals surface area (Å²) in [5, 5.41) is 18.8. The molecule has 1 saturated heterocycles. The summed E-state index contributed by atoms with van der Waals surface area (Å²) in [4.78, 5) is 19.4. The van der Waals surface area contributed by atoms with Crippen molar-refractivity contribution in [1.29, 1.82) is 0 Å². The van der Waals surface area contributed by atoms with E-state index in [0.29, 0.717) is 13.1 Å². The number of piperidine rings is 1. The molecule has 0 aromatic carbocycles. The van der Waals surface area contributed by atoms with Gasteiger partial charge in [-0.05, 0) is 39.2 Å². The maximum absolute atomic E-state index is 9.84. The van der Waals surface area contributed by atoms with Crippen molar-refractivity contribution in [3.8, 4) is 0 Å². The molecule has 1 unspecified atom stereocenters. The zero-order chi connectivity index (χ0) is 13.6. The lowest BCUT2D eigenvalue weighted by molar-refractivity contribution is 0.191. The number of nitroso groups, excluding NO2 is 2. The minimum atomic E-state index is -0.316. The van der Waals surface area contributed by atoms with Gasteiger partial charge in [0.1, 0.15) is 0 Å². The quantitative estimate of drug-likeness (QED) is 0.531. The molecular formula is C11H24N4O3. The minimum Gasteiger partial charge on any atom is -0.392 e. The van der Waals surface area contributed by atoms with Crippen LogP contribution >= 0.6 is 0 Å². The Morgan fingerprint density at radius 2 is 1.94 bits per heavy atom. The first-order valence-corrected chi connectivity index (χ1v) is 6.46. The van der Waals surface area contributed by atoms with Gasteiger partial charge in [0.25, 0.3) is 0 Å². The van der Waals surface area contributed by atoms with E-state index >= 15 is 0 Å². The van der Waals surface area contributed by atoms with E-state index in [0.717, 1.165) is 38.9 Å². The SMILES string of the molecule is CC(O)CNCCCN=O.O=NN1CCCCC1. The van der Waals surface area contributed by atoms with Crippen LogP contribution in [0.3, 0.4) is 0 Å². The van der Waals surface area contributed by atoms with Crippen LogP contribution in [-0.4, -0.2) is 48.9 Å². The van der Waals surface area contributed by atoms with E-state index in [2.05, 4.69) is 15.8 Å². The van der Waals surface area contributed by atoms with Gasteiger partial charge in [0.15, 0.2) is 0 Å². The lowest BCUT2D eigenvalue weighted by Crippen LogP contribution is -2.25. The average Bonchev–Trinajstić information content (AvgIpc) is 2.40. The molecule has 0 aromatic rings. The molecule has 1 aliphatic rings. The Balaban J connectivity index is 0.000000327. The highest BCUT2D eigenvalue weighted by molar-refractivity contribution is 4.58. The topological polar surface area (TPSA) is 94.4 Å².